The van der Waals surface area contributed by atoms with Crippen molar-refractivity contribution >= 4 is 27.7 Å². The van der Waals surface area contributed by atoms with Gasteiger partial charge in [-0.2, -0.15) is 0 Å². The Kier molecular flexibility index (Phi) is 3.80. The highest BCUT2D eigenvalue weighted by Gasteiger charge is 2.21. The van der Waals surface area contributed by atoms with E-state index in [1.807, 2.05) is 0 Å². The molecule has 124 valence electrons. The molecule has 6 nitrogen and oxygen atoms in total. The highest BCUT2D eigenvalue weighted by atomic mass is 32.1. The fraction of sp³-hybridized carbons (Fsp3) is 0.133. The lowest BCUT2D eigenvalue weighted by molar-refractivity contribution is 0.0696. The summed E-state index contributed by atoms with van der Waals surface area (Å²) in [5, 5.41) is 19.1. The van der Waals surface area contributed by atoms with Crippen LogP contribution in [0.25, 0.3) is 10.3 Å². The number of benzene rings is 1. The fourth-order valence-electron chi connectivity index (χ4n) is 2.34. The molecule has 0 fully saturated rings. The highest BCUT2D eigenvalue weighted by Crippen LogP contribution is 2.32. The van der Waals surface area contributed by atoms with Crippen LogP contribution in [0.1, 0.15) is 20.9 Å². The summed E-state index contributed by atoms with van der Waals surface area (Å²) in [5.74, 6) is -3.75. The Labute approximate surface area is 137 Å². The van der Waals surface area contributed by atoms with Gasteiger partial charge < -0.3 is 10.2 Å². The second-order valence-corrected chi connectivity index (χ2v) is 6.09. The maximum Gasteiger partial charge on any atom is 0.365 e. The molecule has 0 aliphatic heterocycles. The number of hydrogen-bond donors (Lipinski definition) is 2. The van der Waals surface area contributed by atoms with Gasteiger partial charge in [-0.15, -0.1) is 11.3 Å². The van der Waals surface area contributed by atoms with Crippen LogP contribution in [-0.2, 0) is 13.5 Å². The van der Waals surface area contributed by atoms with E-state index in [-0.39, 0.29) is 27.3 Å². The Balaban J connectivity index is 2.19. The van der Waals surface area contributed by atoms with Gasteiger partial charge in [0.05, 0.1) is 5.56 Å². The first-order chi connectivity index (χ1) is 11.3. The molecular weight excluding hydrogens is 342 g/mol. The van der Waals surface area contributed by atoms with Gasteiger partial charge >= 0.3 is 5.97 Å². The molecule has 0 amide bonds. The van der Waals surface area contributed by atoms with Crippen LogP contribution >= 0.6 is 11.3 Å². The van der Waals surface area contributed by atoms with Gasteiger partial charge in [0.2, 0.25) is 5.01 Å². The number of nitrogens with zero attached hydrogens (tertiary/aromatic N) is 2. The number of rotatable bonds is 3. The van der Waals surface area contributed by atoms with E-state index in [0.29, 0.717) is 5.56 Å². The van der Waals surface area contributed by atoms with Crippen molar-refractivity contribution in [2.45, 2.75) is 6.42 Å². The first-order valence-corrected chi connectivity index (χ1v) is 7.49. The molecule has 3 aromatic rings. The molecule has 0 unspecified atom stereocenters. The van der Waals surface area contributed by atoms with Crippen LogP contribution in [0.5, 0.6) is 5.75 Å². The molecule has 0 atom stereocenters. The number of aryl methyl sites for hydroxylation is 1. The molecule has 0 saturated carbocycles. The average molecular weight is 352 g/mol. The molecule has 0 bridgehead atoms. The van der Waals surface area contributed by atoms with E-state index in [4.69, 9.17) is 5.11 Å². The topological polar surface area (TPSA) is 92.4 Å². The minimum atomic E-state index is -1.27. The molecule has 0 saturated heterocycles. The molecule has 2 N–H and O–H groups in total. The van der Waals surface area contributed by atoms with E-state index >= 15 is 0 Å². The molecule has 1 aromatic carbocycles. The first-order valence-electron chi connectivity index (χ1n) is 6.68. The Morgan fingerprint density at radius 1 is 1.33 bits per heavy atom. The third-order valence-electron chi connectivity index (χ3n) is 3.54. The summed E-state index contributed by atoms with van der Waals surface area (Å²) in [6.07, 6.45) is -0.133. The number of thiazole rings is 1. The Morgan fingerprint density at radius 2 is 2.04 bits per heavy atom. The number of aromatic hydroxyl groups is 1. The van der Waals surface area contributed by atoms with Crippen molar-refractivity contribution in [2.75, 3.05) is 0 Å². The quantitative estimate of drug-likeness (QED) is 0.754. The fourth-order valence-corrected chi connectivity index (χ4v) is 3.24. The van der Waals surface area contributed by atoms with Crippen molar-refractivity contribution in [3.63, 3.8) is 0 Å². The summed E-state index contributed by atoms with van der Waals surface area (Å²) in [6, 6.07) is 3.17. The first kappa shape index (κ1) is 16.1. The van der Waals surface area contributed by atoms with Crippen LogP contribution in [-0.4, -0.2) is 25.7 Å². The Bertz CT molecular complexity index is 1040. The predicted molar refractivity (Wildman–Crippen MR) is 82.6 cm³/mol. The molecule has 24 heavy (non-hydrogen) atoms. The van der Waals surface area contributed by atoms with Crippen LogP contribution < -0.4 is 5.56 Å². The molecule has 0 aliphatic carbocycles. The molecule has 2 aromatic heterocycles. The zero-order valence-corrected chi connectivity index (χ0v) is 13.0. The van der Waals surface area contributed by atoms with E-state index < -0.39 is 28.9 Å². The van der Waals surface area contributed by atoms with Crippen molar-refractivity contribution in [1.29, 1.82) is 0 Å². The van der Waals surface area contributed by atoms with Gasteiger partial charge in [0.25, 0.3) is 5.56 Å². The SMILES string of the molecule is Cn1c(=O)c(Cc2ccc(F)c(F)c2)c(O)c2sc(C(=O)O)nc21. The smallest absolute Gasteiger partial charge is 0.365 e. The summed E-state index contributed by atoms with van der Waals surface area (Å²) in [4.78, 5) is 27.2. The van der Waals surface area contributed by atoms with Crippen LogP contribution in [0.15, 0.2) is 23.0 Å². The number of halogens is 2. The number of aromatic nitrogens is 2. The third kappa shape index (κ3) is 2.52. The van der Waals surface area contributed by atoms with E-state index in [9.17, 15) is 23.5 Å². The second-order valence-electron chi connectivity index (χ2n) is 5.09. The molecule has 0 radical (unpaired) electrons. The Hall–Kier alpha value is -2.81. The Morgan fingerprint density at radius 3 is 2.67 bits per heavy atom. The van der Waals surface area contributed by atoms with Crippen LogP contribution in [0, 0.1) is 11.6 Å². The predicted octanol–water partition coefficient (Wildman–Crippen LogP) is 2.27. The van der Waals surface area contributed by atoms with Crippen molar-refractivity contribution in [2.24, 2.45) is 7.05 Å². The van der Waals surface area contributed by atoms with Crippen molar-refractivity contribution in [3.8, 4) is 5.75 Å². The van der Waals surface area contributed by atoms with Crippen LogP contribution in [0.2, 0.25) is 0 Å². The summed E-state index contributed by atoms with van der Waals surface area (Å²) in [5.41, 5.74) is -0.291. The number of carboxylic acid groups (broad SMARTS) is 1. The molecule has 3 rings (SSSR count). The van der Waals surface area contributed by atoms with Crippen LogP contribution in [0.4, 0.5) is 8.78 Å². The molecule has 0 aliphatic rings. The van der Waals surface area contributed by atoms with Crippen LogP contribution in [0.3, 0.4) is 0 Å². The summed E-state index contributed by atoms with van der Waals surface area (Å²) >= 11 is 0.731. The minimum absolute atomic E-state index is 0.0448. The lowest BCUT2D eigenvalue weighted by Crippen LogP contribution is -2.22. The van der Waals surface area contributed by atoms with Gasteiger partial charge in [-0.3, -0.25) is 9.36 Å². The summed E-state index contributed by atoms with van der Waals surface area (Å²) < 4.78 is 27.6. The largest absolute Gasteiger partial charge is 0.506 e. The maximum absolute atomic E-state index is 13.3. The summed E-state index contributed by atoms with van der Waals surface area (Å²) in [6.45, 7) is 0. The number of pyridine rings is 1. The van der Waals surface area contributed by atoms with E-state index in [0.717, 1.165) is 28.0 Å². The second kappa shape index (κ2) is 5.68. The zero-order chi connectivity index (χ0) is 17.6. The summed E-state index contributed by atoms with van der Waals surface area (Å²) in [7, 11) is 1.39. The lowest BCUT2D eigenvalue weighted by Gasteiger charge is -2.08. The van der Waals surface area contributed by atoms with Gasteiger partial charge in [-0.1, -0.05) is 6.07 Å². The highest BCUT2D eigenvalue weighted by molar-refractivity contribution is 7.20. The lowest BCUT2D eigenvalue weighted by atomic mass is 10.1. The minimum Gasteiger partial charge on any atom is -0.506 e. The van der Waals surface area contributed by atoms with Gasteiger partial charge in [0, 0.05) is 13.5 Å². The van der Waals surface area contributed by atoms with Gasteiger partial charge in [0.15, 0.2) is 17.3 Å². The molecule has 2 heterocycles. The van der Waals surface area contributed by atoms with Gasteiger partial charge in [-0.25, -0.2) is 18.6 Å². The number of aromatic carboxylic acids is 1. The maximum atomic E-state index is 13.3. The van der Waals surface area contributed by atoms with Crippen molar-refractivity contribution in [3.05, 3.63) is 56.3 Å². The standard InChI is InChI=1S/C15H10F2N2O4S/c1-19-12-11(24-13(18-12)15(22)23)10(20)7(14(19)21)4-6-2-3-8(16)9(17)5-6/h2-3,5,20H,4H2,1H3,(H,22,23). The number of hydrogen-bond acceptors (Lipinski definition) is 5. The number of carboxylic acids is 1. The average Bonchev–Trinajstić information content (AvgIpc) is 2.99. The zero-order valence-electron chi connectivity index (χ0n) is 12.2. The molecular formula is C15H10F2N2O4S. The normalized spacial score (nSPS) is 11.1. The van der Waals surface area contributed by atoms with Gasteiger partial charge in [0.1, 0.15) is 10.4 Å². The van der Waals surface area contributed by atoms with E-state index in [2.05, 4.69) is 4.98 Å². The van der Waals surface area contributed by atoms with Crippen molar-refractivity contribution < 1.29 is 23.8 Å². The molecule has 9 heteroatoms. The number of fused-ring (bicyclic) bond motifs is 1. The van der Waals surface area contributed by atoms with E-state index in [1.54, 1.807) is 0 Å². The van der Waals surface area contributed by atoms with Crippen molar-refractivity contribution in [1.82, 2.24) is 9.55 Å². The third-order valence-corrected chi connectivity index (χ3v) is 4.58. The monoisotopic (exact) mass is 352 g/mol. The number of carbonyl (C=O) groups is 1. The molecule has 0 spiro atoms. The van der Waals surface area contributed by atoms with E-state index in [1.165, 1.54) is 13.1 Å². The van der Waals surface area contributed by atoms with Gasteiger partial charge in [-0.05, 0) is 17.7 Å².